The van der Waals surface area contributed by atoms with Gasteiger partial charge in [-0.1, -0.05) is 6.42 Å². The summed E-state index contributed by atoms with van der Waals surface area (Å²) >= 11 is 0. The molecule has 2 unspecified atom stereocenters. The van der Waals surface area contributed by atoms with Gasteiger partial charge in [0.05, 0.1) is 0 Å². The van der Waals surface area contributed by atoms with Crippen LogP contribution in [-0.4, -0.2) is 50.7 Å². The Balaban J connectivity index is 2.02. The molecule has 0 aromatic rings. The molecule has 0 radical (unpaired) electrons. The van der Waals surface area contributed by atoms with Crippen LogP contribution in [0.2, 0.25) is 0 Å². The second-order valence-corrected chi connectivity index (χ2v) is 4.62. The van der Waals surface area contributed by atoms with Crippen LogP contribution in [0, 0.1) is 0 Å². The monoisotopic (exact) mass is 199 g/mol. The van der Waals surface area contributed by atoms with Gasteiger partial charge < -0.3 is 15.5 Å². The quantitative estimate of drug-likeness (QED) is 0.681. The van der Waals surface area contributed by atoms with Crippen molar-refractivity contribution in [2.24, 2.45) is 0 Å². The Kier molecular flexibility index (Phi) is 5.45. The van der Waals surface area contributed by atoms with E-state index in [-0.39, 0.29) is 0 Å². The fraction of sp³-hybridized carbons (Fsp3) is 1.00. The Morgan fingerprint density at radius 1 is 1.43 bits per heavy atom. The third-order valence-corrected chi connectivity index (χ3v) is 3.12. The Morgan fingerprint density at radius 2 is 2.21 bits per heavy atom. The molecular formula is C11H25N3. The van der Waals surface area contributed by atoms with Gasteiger partial charge in [0.15, 0.2) is 0 Å². The van der Waals surface area contributed by atoms with Gasteiger partial charge in [0.2, 0.25) is 0 Å². The van der Waals surface area contributed by atoms with Crippen LogP contribution in [0.1, 0.15) is 26.2 Å². The van der Waals surface area contributed by atoms with E-state index in [1.165, 1.54) is 25.8 Å². The van der Waals surface area contributed by atoms with E-state index >= 15 is 0 Å². The molecule has 0 aromatic heterocycles. The molecule has 0 bridgehead atoms. The zero-order valence-corrected chi connectivity index (χ0v) is 9.84. The highest BCUT2D eigenvalue weighted by molar-refractivity contribution is 4.75. The average molecular weight is 199 g/mol. The van der Waals surface area contributed by atoms with E-state index in [1.54, 1.807) is 0 Å². The molecule has 1 aliphatic rings. The SMILES string of the molecule is CC(CNCC1CCCCN1)N(C)C. The molecule has 1 fully saturated rings. The lowest BCUT2D eigenvalue weighted by Crippen LogP contribution is -2.44. The van der Waals surface area contributed by atoms with Gasteiger partial charge in [0.25, 0.3) is 0 Å². The number of hydrogen-bond donors (Lipinski definition) is 2. The molecule has 3 heteroatoms. The standard InChI is InChI=1S/C11H25N3/c1-10(14(2)3)8-12-9-11-6-4-5-7-13-11/h10-13H,4-9H2,1-3H3. The lowest BCUT2D eigenvalue weighted by atomic mass is 10.1. The van der Waals surface area contributed by atoms with Crippen molar-refractivity contribution in [3.8, 4) is 0 Å². The van der Waals surface area contributed by atoms with Gasteiger partial charge in [-0.25, -0.2) is 0 Å². The molecule has 1 saturated heterocycles. The average Bonchev–Trinajstić information content (AvgIpc) is 2.19. The molecule has 0 aromatic carbocycles. The first kappa shape index (κ1) is 12.0. The summed E-state index contributed by atoms with van der Waals surface area (Å²) in [4.78, 5) is 2.25. The molecule has 1 aliphatic heterocycles. The van der Waals surface area contributed by atoms with Gasteiger partial charge in [0, 0.05) is 25.2 Å². The third kappa shape index (κ3) is 4.40. The van der Waals surface area contributed by atoms with E-state index in [2.05, 4.69) is 36.6 Å². The van der Waals surface area contributed by atoms with Crippen LogP contribution in [0.4, 0.5) is 0 Å². The predicted octanol–water partition coefficient (Wildman–Crippen LogP) is 0.668. The van der Waals surface area contributed by atoms with E-state index in [4.69, 9.17) is 0 Å². The summed E-state index contributed by atoms with van der Waals surface area (Å²) in [7, 11) is 4.26. The number of hydrogen-bond acceptors (Lipinski definition) is 3. The molecule has 0 spiro atoms. The van der Waals surface area contributed by atoms with Crippen molar-refractivity contribution in [3.05, 3.63) is 0 Å². The minimum absolute atomic E-state index is 0.624. The van der Waals surface area contributed by atoms with Crippen molar-refractivity contribution in [3.63, 3.8) is 0 Å². The molecule has 1 heterocycles. The summed E-state index contributed by atoms with van der Waals surface area (Å²) < 4.78 is 0. The first-order valence-electron chi connectivity index (χ1n) is 5.80. The van der Waals surface area contributed by atoms with Crippen molar-refractivity contribution in [2.75, 3.05) is 33.7 Å². The van der Waals surface area contributed by atoms with Gasteiger partial charge in [-0.2, -0.15) is 0 Å². The Hall–Kier alpha value is -0.120. The third-order valence-electron chi connectivity index (χ3n) is 3.12. The predicted molar refractivity (Wildman–Crippen MR) is 61.7 cm³/mol. The molecular weight excluding hydrogens is 174 g/mol. The number of rotatable bonds is 5. The van der Waals surface area contributed by atoms with Crippen molar-refractivity contribution in [2.45, 2.75) is 38.3 Å². The second-order valence-electron chi connectivity index (χ2n) is 4.62. The summed E-state index contributed by atoms with van der Waals surface area (Å²) in [5.74, 6) is 0. The van der Waals surface area contributed by atoms with E-state index < -0.39 is 0 Å². The Morgan fingerprint density at radius 3 is 2.79 bits per heavy atom. The smallest absolute Gasteiger partial charge is 0.0192 e. The fourth-order valence-corrected chi connectivity index (χ4v) is 1.75. The number of nitrogens with one attached hydrogen (secondary N) is 2. The summed E-state index contributed by atoms with van der Waals surface area (Å²) in [6.45, 7) is 5.67. The molecule has 14 heavy (non-hydrogen) atoms. The number of piperidine rings is 1. The van der Waals surface area contributed by atoms with Crippen molar-refractivity contribution in [1.29, 1.82) is 0 Å². The zero-order valence-electron chi connectivity index (χ0n) is 9.84. The topological polar surface area (TPSA) is 27.3 Å². The first-order valence-corrected chi connectivity index (χ1v) is 5.80. The molecule has 0 aliphatic carbocycles. The highest BCUT2D eigenvalue weighted by atomic mass is 15.1. The summed E-state index contributed by atoms with van der Waals surface area (Å²) in [5, 5.41) is 7.08. The van der Waals surface area contributed by atoms with Gasteiger partial charge in [-0.3, -0.25) is 0 Å². The molecule has 1 rings (SSSR count). The summed E-state index contributed by atoms with van der Waals surface area (Å²) in [6.07, 6.45) is 4.08. The first-order chi connectivity index (χ1) is 6.70. The van der Waals surface area contributed by atoms with Crippen LogP contribution in [0.5, 0.6) is 0 Å². The maximum Gasteiger partial charge on any atom is 0.0192 e. The van der Waals surface area contributed by atoms with Crippen LogP contribution in [0.15, 0.2) is 0 Å². The summed E-state index contributed by atoms with van der Waals surface area (Å²) in [6, 6.07) is 1.33. The molecule has 3 nitrogen and oxygen atoms in total. The number of likely N-dealkylation sites (N-methyl/N-ethyl adjacent to an activating group) is 1. The van der Waals surface area contributed by atoms with Crippen LogP contribution < -0.4 is 10.6 Å². The van der Waals surface area contributed by atoms with Crippen LogP contribution in [-0.2, 0) is 0 Å². The van der Waals surface area contributed by atoms with E-state index in [9.17, 15) is 0 Å². The maximum atomic E-state index is 3.55. The Labute approximate surface area is 88.2 Å². The largest absolute Gasteiger partial charge is 0.314 e. The lowest BCUT2D eigenvalue weighted by Gasteiger charge is -2.26. The van der Waals surface area contributed by atoms with Gasteiger partial charge >= 0.3 is 0 Å². The molecule has 84 valence electrons. The van der Waals surface area contributed by atoms with Crippen molar-refractivity contribution < 1.29 is 0 Å². The van der Waals surface area contributed by atoms with Crippen LogP contribution in [0.25, 0.3) is 0 Å². The van der Waals surface area contributed by atoms with Gasteiger partial charge in [-0.15, -0.1) is 0 Å². The minimum Gasteiger partial charge on any atom is -0.314 e. The van der Waals surface area contributed by atoms with E-state index in [0.717, 1.165) is 13.1 Å². The van der Waals surface area contributed by atoms with E-state index in [1.807, 2.05) is 0 Å². The normalized spacial score (nSPS) is 25.3. The van der Waals surface area contributed by atoms with E-state index in [0.29, 0.717) is 12.1 Å². The molecule has 0 saturated carbocycles. The van der Waals surface area contributed by atoms with Crippen molar-refractivity contribution >= 4 is 0 Å². The number of nitrogens with zero attached hydrogens (tertiary/aromatic N) is 1. The highest BCUT2D eigenvalue weighted by Gasteiger charge is 2.12. The minimum atomic E-state index is 0.624. The molecule has 0 amide bonds. The zero-order chi connectivity index (χ0) is 10.4. The summed E-state index contributed by atoms with van der Waals surface area (Å²) in [5.41, 5.74) is 0. The fourth-order valence-electron chi connectivity index (χ4n) is 1.75. The van der Waals surface area contributed by atoms with Crippen LogP contribution in [0.3, 0.4) is 0 Å². The highest BCUT2D eigenvalue weighted by Crippen LogP contribution is 2.05. The van der Waals surface area contributed by atoms with Gasteiger partial charge in [0.1, 0.15) is 0 Å². The lowest BCUT2D eigenvalue weighted by molar-refractivity contribution is 0.293. The van der Waals surface area contributed by atoms with Crippen LogP contribution >= 0.6 is 0 Å². The van der Waals surface area contributed by atoms with Gasteiger partial charge in [-0.05, 0) is 40.4 Å². The van der Waals surface area contributed by atoms with Crippen molar-refractivity contribution in [1.82, 2.24) is 15.5 Å². The maximum absolute atomic E-state index is 3.55. The molecule has 2 atom stereocenters. The Bertz CT molecular complexity index is 141. The second kappa shape index (κ2) is 6.38. The molecule has 2 N–H and O–H groups in total.